The minimum Gasteiger partial charge on any atom is -0.456 e. The Morgan fingerprint density at radius 1 is 0.937 bits per heavy atom. The summed E-state index contributed by atoms with van der Waals surface area (Å²) in [6, 6.07) is 15.2. The molecule has 0 radical (unpaired) electrons. The summed E-state index contributed by atoms with van der Waals surface area (Å²) in [4.78, 5) is 70.5. The lowest BCUT2D eigenvalue weighted by Crippen LogP contribution is -2.81. The molecule has 1 heterocycles. The van der Waals surface area contributed by atoms with E-state index in [1.54, 1.807) is 81.4 Å². The predicted molar refractivity (Wildman–Crippen MR) is 225 cm³/mol. The summed E-state index contributed by atoms with van der Waals surface area (Å²) >= 11 is 0. The maximum atomic E-state index is 15.5. The fourth-order valence-electron chi connectivity index (χ4n) is 10.8. The van der Waals surface area contributed by atoms with Gasteiger partial charge in [0.15, 0.2) is 17.5 Å². The fourth-order valence-corrected chi connectivity index (χ4v) is 10.8. The molecule has 340 valence electrons. The summed E-state index contributed by atoms with van der Waals surface area (Å²) in [5.74, 6) is -5.44. The van der Waals surface area contributed by atoms with Crippen molar-refractivity contribution in [3.05, 3.63) is 95.1 Å². The number of rotatable bonds is 11. The van der Waals surface area contributed by atoms with Crippen LogP contribution in [0.5, 0.6) is 0 Å². The molecule has 4 aliphatic carbocycles. The highest BCUT2D eigenvalue weighted by Gasteiger charge is 2.77. The Kier molecular flexibility index (Phi) is 13.6. The molecule has 15 nitrogen and oxygen atoms in total. The molecular weight excluding hydrogens is 815 g/mol. The smallest absolute Gasteiger partial charge is 0.408 e. The molecule has 63 heavy (non-hydrogen) atoms. The molecule has 1 aliphatic heterocycles. The molecule has 2 bridgehead atoms. The van der Waals surface area contributed by atoms with Gasteiger partial charge >= 0.3 is 24.0 Å². The van der Waals surface area contributed by atoms with Gasteiger partial charge in [-0.05, 0) is 74.4 Å². The van der Waals surface area contributed by atoms with Gasteiger partial charge in [-0.15, -0.1) is 0 Å². The Balaban J connectivity index is 1.30. The number of aliphatic hydroxyl groups is 2. The van der Waals surface area contributed by atoms with Gasteiger partial charge in [-0.1, -0.05) is 68.0 Å². The SMILES string of the molecule is CO[C@H]1C(=O)[C@@]2(C)C([C@H](OC(=O)c3ccccc3)[C@]3(O)C[C@H](OC(=O)[C@H](O)[C@@H](NC(=O)OC4/C=C/CCCCC4)c4ccccc4)C(C)=C1[C@H]3C)[C@]1(OC(C)=O)CO[C@@H]1C[C@@H]2OC. The maximum Gasteiger partial charge on any atom is 0.408 e. The van der Waals surface area contributed by atoms with Crippen molar-refractivity contribution in [1.29, 1.82) is 0 Å². The number of esters is 3. The third-order valence-corrected chi connectivity index (χ3v) is 14.2. The van der Waals surface area contributed by atoms with Crippen LogP contribution >= 0.6 is 0 Å². The second kappa shape index (κ2) is 18.7. The minimum absolute atomic E-state index is 0.129. The summed E-state index contributed by atoms with van der Waals surface area (Å²) in [7, 11) is 2.80. The van der Waals surface area contributed by atoms with E-state index in [0.29, 0.717) is 17.6 Å². The number of alkyl carbamates (subject to hydrolysis) is 1. The maximum absolute atomic E-state index is 15.5. The van der Waals surface area contributed by atoms with Crippen molar-refractivity contribution < 1.29 is 67.3 Å². The monoisotopic (exact) mass is 873 g/mol. The van der Waals surface area contributed by atoms with Crippen LogP contribution in [-0.2, 0) is 47.5 Å². The van der Waals surface area contributed by atoms with Crippen LogP contribution in [0.1, 0.15) is 94.6 Å². The molecule has 2 aromatic carbocycles. The second-order valence-electron chi connectivity index (χ2n) is 17.7. The molecule has 2 aromatic rings. The van der Waals surface area contributed by atoms with E-state index >= 15 is 4.79 Å². The lowest BCUT2D eigenvalue weighted by molar-refractivity contribution is -0.344. The van der Waals surface area contributed by atoms with Crippen molar-refractivity contribution >= 4 is 29.8 Å². The molecule has 3 N–H and O–H groups in total. The average Bonchev–Trinajstić information content (AvgIpc) is 3.25. The molecular formula is C48H59NO14. The van der Waals surface area contributed by atoms with Crippen LogP contribution in [0.25, 0.3) is 0 Å². The molecule has 3 fully saturated rings. The van der Waals surface area contributed by atoms with E-state index in [4.69, 9.17) is 33.2 Å². The third-order valence-electron chi connectivity index (χ3n) is 14.2. The van der Waals surface area contributed by atoms with E-state index < -0.39 is 113 Å². The highest BCUT2D eigenvalue weighted by Crippen LogP contribution is 2.62. The van der Waals surface area contributed by atoms with Gasteiger partial charge < -0.3 is 48.7 Å². The topological polar surface area (TPSA) is 202 Å². The lowest BCUT2D eigenvalue weighted by Gasteiger charge is -2.66. The summed E-state index contributed by atoms with van der Waals surface area (Å²) in [6.45, 7) is 6.03. The van der Waals surface area contributed by atoms with E-state index in [9.17, 15) is 29.4 Å². The molecule has 5 aliphatic rings. The molecule has 13 atom stereocenters. The molecule has 7 rings (SSSR count). The molecule has 15 heteroatoms. The zero-order chi connectivity index (χ0) is 45.3. The molecule has 1 saturated heterocycles. The number of fused-ring (bicyclic) bond motifs is 5. The van der Waals surface area contributed by atoms with Crippen LogP contribution in [-0.4, -0.2) is 115 Å². The van der Waals surface area contributed by atoms with Gasteiger partial charge in [0, 0.05) is 39.9 Å². The molecule has 1 amide bonds. The predicted octanol–water partition coefficient (Wildman–Crippen LogP) is 5.27. The largest absolute Gasteiger partial charge is 0.456 e. The van der Waals surface area contributed by atoms with Gasteiger partial charge in [-0.25, -0.2) is 14.4 Å². The number of methoxy groups -OCH3 is 2. The van der Waals surface area contributed by atoms with Crippen LogP contribution in [0.4, 0.5) is 4.79 Å². The van der Waals surface area contributed by atoms with Gasteiger partial charge in [-0.2, -0.15) is 0 Å². The van der Waals surface area contributed by atoms with Crippen molar-refractivity contribution in [1.82, 2.24) is 5.32 Å². The minimum atomic E-state index is -2.16. The second-order valence-corrected chi connectivity index (χ2v) is 17.7. The molecule has 2 unspecified atom stereocenters. The first-order chi connectivity index (χ1) is 30.1. The van der Waals surface area contributed by atoms with Gasteiger partial charge in [0.25, 0.3) is 0 Å². The zero-order valence-electron chi connectivity index (χ0n) is 36.7. The first-order valence-electron chi connectivity index (χ1n) is 21.8. The fraction of sp³-hybridized carbons (Fsp3) is 0.562. The van der Waals surface area contributed by atoms with Crippen molar-refractivity contribution in [2.24, 2.45) is 17.3 Å². The summed E-state index contributed by atoms with van der Waals surface area (Å²) in [5, 5.41) is 28.0. The number of aliphatic hydroxyl groups excluding tert-OH is 1. The van der Waals surface area contributed by atoms with E-state index in [2.05, 4.69) is 5.32 Å². The van der Waals surface area contributed by atoms with Crippen LogP contribution in [0.15, 0.2) is 84.0 Å². The number of Topliss-reactive ketones (excluding diaryl/α,β-unsaturated/α-hetero) is 1. The third kappa shape index (κ3) is 8.46. The van der Waals surface area contributed by atoms with Crippen molar-refractivity contribution in [2.75, 3.05) is 20.8 Å². The Hall–Kier alpha value is -4.93. The quantitative estimate of drug-likeness (QED) is 0.150. The van der Waals surface area contributed by atoms with E-state index in [1.807, 2.05) is 12.2 Å². The van der Waals surface area contributed by atoms with Gasteiger partial charge in [-0.3, -0.25) is 9.59 Å². The van der Waals surface area contributed by atoms with Crippen LogP contribution < -0.4 is 5.32 Å². The number of ketones is 1. The van der Waals surface area contributed by atoms with Gasteiger partial charge in [0.1, 0.15) is 36.1 Å². The Morgan fingerprint density at radius 3 is 2.27 bits per heavy atom. The number of benzene rings is 2. The number of ether oxygens (including phenoxy) is 7. The Morgan fingerprint density at radius 2 is 1.63 bits per heavy atom. The Bertz CT molecular complexity index is 2090. The van der Waals surface area contributed by atoms with E-state index in [0.717, 1.165) is 25.7 Å². The molecule has 0 aromatic heterocycles. The van der Waals surface area contributed by atoms with Gasteiger partial charge in [0.2, 0.25) is 0 Å². The Labute approximate surface area is 367 Å². The van der Waals surface area contributed by atoms with Crippen molar-refractivity contribution in [3.63, 3.8) is 0 Å². The summed E-state index contributed by atoms with van der Waals surface area (Å²) in [5.41, 5.74) is -4.19. The van der Waals surface area contributed by atoms with E-state index in [-0.39, 0.29) is 24.2 Å². The molecule has 0 spiro atoms. The molecule has 2 saturated carbocycles. The zero-order valence-corrected chi connectivity index (χ0v) is 36.7. The van der Waals surface area contributed by atoms with Crippen LogP contribution in [0.2, 0.25) is 0 Å². The standard InChI is InChI=1S/C48H59NO14/c1-27-33(61-44(54)38(51)37(30-18-12-10-13-19-30)49-45(55)60-32-22-16-8-7-9-17-23-32)25-47(56)28(2)36(27)39(58-6)41(52)46(4)34(57-5)24-35-48(26-59-35,63-29(3)50)40(46)42(47)62-43(53)31-20-14-11-15-21-31/h10-16,18-22,28,32-35,37-40,42,51,56H,7-9,17,23-26H2,1-6H3,(H,49,55)/b22-16+/t28-,32?,33+,34+,35-,37+,38-,39-,40?,42+,46-,47+,48+/m1/s1. The number of hydrogen-bond donors (Lipinski definition) is 3. The number of carbonyl (C=O) groups is 5. The number of allylic oxidation sites excluding steroid dienone is 1. The lowest BCUT2D eigenvalue weighted by atomic mass is 9.47. The number of hydrogen-bond acceptors (Lipinski definition) is 14. The first-order valence-corrected chi connectivity index (χ1v) is 21.8. The highest BCUT2D eigenvalue weighted by molar-refractivity contribution is 5.94. The van der Waals surface area contributed by atoms with Gasteiger partial charge in [0.05, 0.1) is 35.6 Å². The van der Waals surface area contributed by atoms with Crippen LogP contribution in [0, 0.1) is 17.3 Å². The van der Waals surface area contributed by atoms with Crippen molar-refractivity contribution in [3.8, 4) is 0 Å². The first kappa shape index (κ1) is 46.1. The summed E-state index contributed by atoms with van der Waals surface area (Å²) in [6.07, 6.45) is -1.38. The number of amides is 1. The normalized spacial score (nSPS) is 35.3. The van der Waals surface area contributed by atoms with Crippen LogP contribution in [0.3, 0.4) is 0 Å². The van der Waals surface area contributed by atoms with E-state index in [1.165, 1.54) is 21.1 Å². The summed E-state index contributed by atoms with van der Waals surface area (Å²) < 4.78 is 42.6. The number of carbonyl (C=O) groups excluding carboxylic acids is 5. The average molecular weight is 874 g/mol. The number of nitrogens with one attached hydrogen (secondary N) is 1. The highest BCUT2D eigenvalue weighted by atomic mass is 16.6. The van der Waals surface area contributed by atoms with Crippen molar-refractivity contribution in [2.45, 2.75) is 133 Å².